The molecule has 20 heavy (non-hydrogen) atoms. The summed E-state index contributed by atoms with van der Waals surface area (Å²) in [6.07, 6.45) is 0.625. The number of ketones is 1. The van der Waals surface area contributed by atoms with Crippen molar-refractivity contribution in [3.63, 3.8) is 0 Å². The van der Waals surface area contributed by atoms with E-state index in [0.29, 0.717) is 6.42 Å². The second kappa shape index (κ2) is 6.33. The molecule has 0 radical (unpaired) electrons. The molecule has 0 amide bonds. The van der Waals surface area contributed by atoms with Crippen molar-refractivity contribution in [2.45, 2.75) is 19.3 Å². The molecule has 0 heterocycles. The van der Waals surface area contributed by atoms with E-state index >= 15 is 0 Å². The minimum absolute atomic E-state index is 0.0834. The van der Waals surface area contributed by atoms with Crippen LogP contribution in [0.3, 0.4) is 0 Å². The van der Waals surface area contributed by atoms with Gasteiger partial charge in [0.15, 0.2) is 17.3 Å². The average Bonchev–Trinajstić information content (AvgIpc) is 2.49. The third kappa shape index (κ3) is 2.72. The Balaban J connectivity index is 2.39. The van der Waals surface area contributed by atoms with E-state index in [9.17, 15) is 9.18 Å². The maximum absolute atomic E-state index is 14.2. The van der Waals surface area contributed by atoms with Crippen molar-refractivity contribution < 1.29 is 13.9 Å². The fraction of sp³-hybridized carbons (Fsp3) is 0.235. The lowest BCUT2D eigenvalue weighted by Crippen LogP contribution is -2.14. The van der Waals surface area contributed by atoms with E-state index in [1.165, 1.54) is 19.2 Å². The van der Waals surface area contributed by atoms with Crippen LogP contribution >= 0.6 is 0 Å². The first-order valence-corrected chi connectivity index (χ1v) is 6.60. The molecule has 0 aliphatic rings. The van der Waals surface area contributed by atoms with Crippen LogP contribution in [0.2, 0.25) is 0 Å². The van der Waals surface area contributed by atoms with Gasteiger partial charge in [-0.2, -0.15) is 0 Å². The smallest absolute Gasteiger partial charge is 0.175 e. The number of Topliss-reactive ketones (excluding diaryl/α,β-unsaturated/α-hetero) is 1. The van der Waals surface area contributed by atoms with Gasteiger partial charge < -0.3 is 4.74 Å². The summed E-state index contributed by atoms with van der Waals surface area (Å²) in [6.45, 7) is 1.92. The van der Waals surface area contributed by atoms with E-state index in [2.05, 4.69) is 0 Å². The maximum Gasteiger partial charge on any atom is 0.175 e. The fourth-order valence-electron chi connectivity index (χ4n) is 2.30. The molecule has 0 aromatic heterocycles. The Hall–Kier alpha value is -2.16. The van der Waals surface area contributed by atoms with Gasteiger partial charge in [0.1, 0.15) is 0 Å². The first-order chi connectivity index (χ1) is 9.69. The van der Waals surface area contributed by atoms with Crippen LogP contribution in [0, 0.1) is 5.82 Å². The second-order valence-electron chi connectivity index (χ2n) is 4.56. The number of rotatable bonds is 5. The molecule has 104 valence electrons. The highest BCUT2D eigenvalue weighted by molar-refractivity contribution is 6.01. The highest BCUT2D eigenvalue weighted by Crippen LogP contribution is 2.28. The summed E-state index contributed by atoms with van der Waals surface area (Å²) >= 11 is 0. The Morgan fingerprint density at radius 1 is 1.15 bits per heavy atom. The van der Waals surface area contributed by atoms with Crippen LogP contribution in [0.15, 0.2) is 48.5 Å². The third-order valence-electron chi connectivity index (χ3n) is 3.38. The van der Waals surface area contributed by atoms with Crippen LogP contribution < -0.4 is 4.74 Å². The number of carbonyl (C=O) groups excluding carboxylic acids is 1. The number of ether oxygens (including phenoxy) is 1. The molecule has 2 aromatic carbocycles. The standard InChI is InChI=1S/C17H17FO2/c1-3-13(12-8-5-4-6-9-12)17(19)14-10-7-11-15(20-2)16(14)18/h4-11,13H,3H2,1-2H3. The van der Waals surface area contributed by atoms with Gasteiger partial charge in [0.25, 0.3) is 0 Å². The van der Waals surface area contributed by atoms with Crippen molar-refractivity contribution >= 4 is 5.78 Å². The minimum Gasteiger partial charge on any atom is -0.494 e. The van der Waals surface area contributed by atoms with Crippen molar-refractivity contribution in [3.05, 3.63) is 65.5 Å². The molecule has 2 aromatic rings. The van der Waals surface area contributed by atoms with Gasteiger partial charge in [-0.15, -0.1) is 0 Å². The normalized spacial score (nSPS) is 11.9. The molecule has 0 fully saturated rings. The van der Waals surface area contributed by atoms with E-state index in [4.69, 9.17) is 4.74 Å². The van der Waals surface area contributed by atoms with Crippen LogP contribution in [0.5, 0.6) is 5.75 Å². The van der Waals surface area contributed by atoms with Gasteiger partial charge in [-0.25, -0.2) is 4.39 Å². The van der Waals surface area contributed by atoms with Crippen LogP contribution in [-0.4, -0.2) is 12.9 Å². The van der Waals surface area contributed by atoms with E-state index in [-0.39, 0.29) is 23.0 Å². The van der Waals surface area contributed by atoms with Gasteiger partial charge >= 0.3 is 0 Å². The molecule has 0 aliphatic heterocycles. The van der Waals surface area contributed by atoms with Crippen molar-refractivity contribution in [2.24, 2.45) is 0 Å². The number of benzene rings is 2. The van der Waals surface area contributed by atoms with Gasteiger partial charge in [-0.3, -0.25) is 4.79 Å². The highest BCUT2D eigenvalue weighted by atomic mass is 19.1. The topological polar surface area (TPSA) is 26.3 Å². The summed E-state index contributed by atoms with van der Waals surface area (Å²) < 4.78 is 19.1. The molecule has 0 bridgehead atoms. The molecule has 0 spiro atoms. The summed E-state index contributed by atoms with van der Waals surface area (Å²) in [4.78, 5) is 12.6. The summed E-state index contributed by atoms with van der Waals surface area (Å²) in [5.74, 6) is -1.04. The monoisotopic (exact) mass is 272 g/mol. The molecule has 2 rings (SSSR count). The molecule has 0 saturated heterocycles. The Morgan fingerprint density at radius 3 is 2.45 bits per heavy atom. The van der Waals surface area contributed by atoms with Crippen molar-refractivity contribution in [3.8, 4) is 5.75 Å². The zero-order valence-electron chi connectivity index (χ0n) is 11.6. The number of halogens is 1. The van der Waals surface area contributed by atoms with E-state index < -0.39 is 5.82 Å². The summed E-state index contributed by atoms with van der Waals surface area (Å²) in [7, 11) is 1.39. The molecule has 1 unspecified atom stereocenters. The Bertz CT molecular complexity index is 593. The Labute approximate surface area is 118 Å². The van der Waals surface area contributed by atoms with Crippen molar-refractivity contribution in [2.75, 3.05) is 7.11 Å². The van der Waals surface area contributed by atoms with Gasteiger partial charge in [0.05, 0.1) is 12.7 Å². The van der Waals surface area contributed by atoms with Crippen LogP contribution in [0.25, 0.3) is 0 Å². The van der Waals surface area contributed by atoms with E-state index in [1.807, 2.05) is 37.3 Å². The largest absolute Gasteiger partial charge is 0.494 e. The molecular formula is C17H17FO2. The quantitative estimate of drug-likeness (QED) is 0.762. The van der Waals surface area contributed by atoms with Gasteiger partial charge in [0.2, 0.25) is 0 Å². The van der Waals surface area contributed by atoms with E-state index in [1.54, 1.807) is 6.07 Å². The van der Waals surface area contributed by atoms with Crippen LogP contribution in [0.4, 0.5) is 4.39 Å². The number of hydrogen-bond donors (Lipinski definition) is 0. The molecule has 0 aliphatic carbocycles. The summed E-state index contributed by atoms with van der Waals surface area (Å²) in [6, 6.07) is 14.1. The predicted molar refractivity (Wildman–Crippen MR) is 76.8 cm³/mol. The lowest BCUT2D eigenvalue weighted by atomic mass is 9.88. The first kappa shape index (κ1) is 14.3. The lowest BCUT2D eigenvalue weighted by molar-refractivity contribution is 0.0952. The Kier molecular flexibility index (Phi) is 4.51. The molecule has 3 heteroatoms. The van der Waals surface area contributed by atoms with Gasteiger partial charge in [-0.05, 0) is 24.1 Å². The van der Waals surface area contributed by atoms with E-state index in [0.717, 1.165) is 5.56 Å². The first-order valence-electron chi connectivity index (χ1n) is 6.60. The lowest BCUT2D eigenvalue weighted by Gasteiger charge is -2.15. The molecule has 0 saturated carbocycles. The average molecular weight is 272 g/mol. The third-order valence-corrected chi connectivity index (χ3v) is 3.38. The number of hydrogen-bond acceptors (Lipinski definition) is 2. The minimum atomic E-state index is -0.589. The van der Waals surface area contributed by atoms with Crippen molar-refractivity contribution in [1.29, 1.82) is 0 Å². The summed E-state index contributed by atoms with van der Waals surface area (Å²) in [5.41, 5.74) is 0.988. The molecule has 2 nitrogen and oxygen atoms in total. The highest BCUT2D eigenvalue weighted by Gasteiger charge is 2.24. The van der Waals surface area contributed by atoms with Crippen molar-refractivity contribution in [1.82, 2.24) is 0 Å². The summed E-state index contributed by atoms with van der Waals surface area (Å²) in [5, 5.41) is 0. The number of carbonyl (C=O) groups is 1. The zero-order chi connectivity index (χ0) is 14.5. The number of methoxy groups -OCH3 is 1. The predicted octanol–water partition coefficient (Wildman–Crippen LogP) is 4.21. The zero-order valence-corrected chi connectivity index (χ0v) is 11.6. The molecule has 1 atom stereocenters. The SMILES string of the molecule is CCC(C(=O)c1cccc(OC)c1F)c1ccccc1. The molecule has 0 N–H and O–H groups in total. The maximum atomic E-state index is 14.2. The Morgan fingerprint density at radius 2 is 1.85 bits per heavy atom. The van der Waals surface area contributed by atoms with Crippen LogP contribution in [-0.2, 0) is 0 Å². The van der Waals surface area contributed by atoms with Crippen LogP contribution in [0.1, 0.15) is 35.2 Å². The van der Waals surface area contributed by atoms with Gasteiger partial charge in [-0.1, -0.05) is 43.3 Å². The fourth-order valence-corrected chi connectivity index (χ4v) is 2.30. The second-order valence-corrected chi connectivity index (χ2v) is 4.56. The molecular weight excluding hydrogens is 255 g/mol. The van der Waals surface area contributed by atoms with Gasteiger partial charge in [0, 0.05) is 5.92 Å².